The zero-order valence-electron chi connectivity index (χ0n) is 8.37. The van der Waals surface area contributed by atoms with E-state index < -0.39 is 11.7 Å². The Balaban J connectivity index is 2.24. The number of aromatic nitrogens is 3. The summed E-state index contributed by atoms with van der Waals surface area (Å²) in [6, 6.07) is 4.35. The minimum absolute atomic E-state index is 0.0347. The molecule has 2 rings (SSSR count). The number of nitrogens with two attached hydrogens (primary N) is 1. The van der Waals surface area contributed by atoms with Crippen LogP contribution in [-0.4, -0.2) is 21.1 Å². The van der Waals surface area contributed by atoms with Crippen LogP contribution in [0.4, 0.5) is 16.0 Å². The second-order valence-electron chi connectivity index (χ2n) is 3.09. The molecular weight excluding hydrogens is 293 g/mol. The first kappa shape index (κ1) is 11.5. The largest absolute Gasteiger partial charge is 0.366 e. The Labute approximate surface area is 104 Å². The van der Waals surface area contributed by atoms with Gasteiger partial charge < -0.3 is 11.1 Å². The van der Waals surface area contributed by atoms with Gasteiger partial charge in [0, 0.05) is 4.47 Å². The molecule has 0 saturated carbocycles. The van der Waals surface area contributed by atoms with Gasteiger partial charge in [0.1, 0.15) is 5.82 Å². The van der Waals surface area contributed by atoms with Crippen LogP contribution in [0.25, 0.3) is 0 Å². The molecule has 4 N–H and O–H groups in total. The number of rotatable bonds is 2. The maximum absolute atomic E-state index is 13.4. The van der Waals surface area contributed by atoms with E-state index in [-0.39, 0.29) is 17.5 Å². The molecule has 0 aliphatic heterocycles. The Hall–Kier alpha value is -1.96. The van der Waals surface area contributed by atoms with E-state index in [1.807, 2.05) is 0 Å². The maximum Gasteiger partial charge on any atom is 0.293 e. The molecule has 1 aromatic heterocycles. The maximum atomic E-state index is 13.4. The van der Waals surface area contributed by atoms with Crippen LogP contribution in [-0.2, 0) is 0 Å². The van der Waals surface area contributed by atoms with E-state index in [1.165, 1.54) is 12.1 Å². The number of amides is 1. The molecule has 6 nitrogen and oxygen atoms in total. The first-order valence-corrected chi connectivity index (χ1v) is 5.30. The van der Waals surface area contributed by atoms with Crippen LogP contribution < -0.4 is 11.1 Å². The van der Waals surface area contributed by atoms with Gasteiger partial charge in [0.25, 0.3) is 5.91 Å². The summed E-state index contributed by atoms with van der Waals surface area (Å²) in [7, 11) is 0. The van der Waals surface area contributed by atoms with Crippen molar-refractivity contribution in [3.05, 3.63) is 34.3 Å². The van der Waals surface area contributed by atoms with Gasteiger partial charge in [-0.15, -0.1) is 5.10 Å². The highest BCUT2D eigenvalue weighted by Crippen LogP contribution is 2.25. The smallest absolute Gasteiger partial charge is 0.293 e. The van der Waals surface area contributed by atoms with Crippen molar-refractivity contribution in [3.8, 4) is 0 Å². The predicted molar refractivity (Wildman–Crippen MR) is 62.8 cm³/mol. The minimum Gasteiger partial charge on any atom is -0.366 e. The van der Waals surface area contributed by atoms with Gasteiger partial charge in [0.2, 0.25) is 11.8 Å². The topological polar surface area (TPSA) is 96.7 Å². The molecule has 88 valence electrons. The van der Waals surface area contributed by atoms with Crippen molar-refractivity contribution in [2.24, 2.45) is 0 Å². The molecule has 1 aromatic carbocycles. The summed E-state index contributed by atoms with van der Waals surface area (Å²) in [6.45, 7) is 0. The van der Waals surface area contributed by atoms with Crippen molar-refractivity contribution >= 4 is 33.5 Å². The highest BCUT2D eigenvalue weighted by Gasteiger charge is 2.14. The van der Waals surface area contributed by atoms with E-state index in [1.54, 1.807) is 6.07 Å². The van der Waals surface area contributed by atoms with Crippen molar-refractivity contribution in [1.82, 2.24) is 15.2 Å². The second-order valence-corrected chi connectivity index (χ2v) is 3.95. The van der Waals surface area contributed by atoms with Crippen LogP contribution in [0.3, 0.4) is 0 Å². The molecular formula is C9H7BrFN5O. The zero-order valence-corrected chi connectivity index (χ0v) is 9.95. The Bertz CT molecular complexity index is 550. The van der Waals surface area contributed by atoms with Crippen LogP contribution in [0, 0.1) is 5.82 Å². The third-order valence-corrected chi connectivity index (χ3v) is 2.58. The summed E-state index contributed by atoms with van der Waals surface area (Å²) in [5.41, 5.74) is 5.29. The SMILES string of the molecule is Nc1n[nH]c(C(=O)Nc2c(F)cccc2Br)n1. The molecule has 0 aliphatic rings. The molecule has 17 heavy (non-hydrogen) atoms. The molecule has 2 aromatic rings. The molecule has 0 saturated heterocycles. The fourth-order valence-corrected chi connectivity index (χ4v) is 1.61. The van der Waals surface area contributed by atoms with E-state index in [2.05, 4.69) is 36.4 Å². The van der Waals surface area contributed by atoms with E-state index >= 15 is 0 Å². The highest BCUT2D eigenvalue weighted by molar-refractivity contribution is 9.10. The molecule has 1 amide bonds. The first-order valence-electron chi connectivity index (χ1n) is 4.51. The molecule has 1 heterocycles. The lowest BCUT2D eigenvalue weighted by Gasteiger charge is -2.06. The Morgan fingerprint density at radius 3 is 2.88 bits per heavy atom. The number of anilines is 2. The first-order chi connectivity index (χ1) is 8.08. The molecule has 0 atom stereocenters. The molecule has 0 aliphatic carbocycles. The number of nitrogens with zero attached hydrogens (tertiary/aromatic N) is 2. The minimum atomic E-state index is -0.625. The summed E-state index contributed by atoms with van der Waals surface area (Å²) in [4.78, 5) is 15.3. The summed E-state index contributed by atoms with van der Waals surface area (Å²) < 4.78 is 13.8. The van der Waals surface area contributed by atoms with Crippen molar-refractivity contribution in [3.63, 3.8) is 0 Å². The molecule has 0 fully saturated rings. The molecule has 0 bridgehead atoms. The van der Waals surface area contributed by atoms with Crippen LogP contribution in [0.1, 0.15) is 10.6 Å². The third kappa shape index (κ3) is 2.41. The molecule has 8 heteroatoms. The highest BCUT2D eigenvalue weighted by atomic mass is 79.9. The van der Waals surface area contributed by atoms with E-state index in [0.29, 0.717) is 4.47 Å². The number of aromatic amines is 1. The lowest BCUT2D eigenvalue weighted by Crippen LogP contribution is -2.15. The lowest BCUT2D eigenvalue weighted by atomic mass is 10.3. The zero-order chi connectivity index (χ0) is 12.4. The van der Waals surface area contributed by atoms with Crippen LogP contribution in [0.5, 0.6) is 0 Å². The molecule has 0 radical (unpaired) electrons. The number of carbonyl (C=O) groups is 1. The summed E-state index contributed by atoms with van der Waals surface area (Å²) in [5.74, 6) is -1.32. The second kappa shape index (κ2) is 4.50. The number of hydrogen-bond donors (Lipinski definition) is 3. The summed E-state index contributed by atoms with van der Waals surface area (Å²) in [5, 5.41) is 8.19. The number of H-pyrrole nitrogens is 1. The number of hydrogen-bond acceptors (Lipinski definition) is 4. The average molecular weight is 300 g/mol. The van der Waals surface area contributed by atoms with Gasteiger partial charge in [-0.1, -0.05) is 6.07 Å². The predicted octanol–water partition coefficient (Wildman–Crippen LogP) is 1.54. The van der Waals surface area contributed by atoms with Crippen molar-refractivity contribution in [2.75, 3.05) is 11.1 Å². The van der Waals surface area contributed by atoms with E-state index in [4.69, 9.17) is 5.73 Å². The van der Waals surface area contributed by atoms with Gasteiger partial charge in [-0.3, -0.25) is 9.89 Å². The van der Waals surface area contributed by atoms with Gasteiger partial charge in [-0.05, 0) is 28.1 Å². The number of nitrogens with one attached hydrogen (secondary N) is 2. The van der Waals surface area contributed by atoms with Crippen molar-refractivity contribution in [1.29, 1.82) is 0 Å². The lowest BCUT2D eigenvalue weighted by molar-refractivity contribution is 0.101. The fraction of sp³-hybridized carbons (Fsp3) is 0. The number of para-hydroxylation sites is 1. The van der Waals surface area contributed by atoms with E-state index in [9.17, 15) is 9.18 Å². The van der Waals surface area contributed by atoms with Crippen molar-refractivity contribution < 1.29 is 9.18 Å². The van der Waals surface area contributed by atoms with Crippen LogP contribution in [0.15, 0.2) is 22.7 Å². The van der Waals surface area contributed by atoms with Gasteiger partial charge in [-0.2, -0.15) is 4.98 Å². The standard InChI is InChI=1S/C9H7BrFN5O/c10-4-2-1-3-5(11)6(4)13-8(17)7-14-9(12)16-15-7/h1-3H,(H,13,17)(H3,12,14,15,16). The summed E-state index contributed by atoms with van der Waals surface area (Å²) in [6.07, 6.45) is 0. The van der Waals surface area contributed by atoms with Crippen LogP contribution >= 0.6 is 15.9 Å². The van der Waals surface area contributed by atoms with Gasteiger partial charge >= 0.3 is 0 Å². The van der Waals surface area contributed by atoms with Crippen LogP contribution in [0.2, 0.25) is 0 Å². The quantitative estimate of drug-likeness (QED) is 0.783. The van der Waals surface area contributed by atoms with Gasteiger partial charge in [-0.25, -0.2) is 4.39 Å². The number of benzene rings is 1. The van der Waals surface area contributed by atoms with Gasteiger partial charge in [0.15, 0.2) is 0 Å². The average Bonchev–Trinajstić information content (AvgIpc) is 2.70. The number of halogens is 2. The van der Waals surface area contributed by atoms with Crippen molar-refractivity contribution in [2.45, 2.75) is 0 Å². The molecule has 0 spiro atoms. The normalized spacial score (nSPS) is 10.2. The monoisotopic (exact) mass is 299 g/mol. The summed E-state index contributed by atoms with van der Waals surface area (Å²) >= 11 is 3.13. The Morgan fingerprint density at radius 2 is 2.29 bits per heavy atom. The van der Waals surface area contributed by atoms with Gasteiger partial charge in [0.05, 0.1) is 5.69 Å². The third-order valence-electron chi connectivity index (χ3n) is 1.92. The number of carbonyl (C=O) groups excluding carboxylic acids is 1. The Morgan fingerprint density at radius 1 is 1.53 bits per heavy atom. The fourth-order valence-electron chi connectivity index (χ4n) is 1.17. The number of nitrogen functional groups attached to an aromatic ring is 1. The van der Waals surface area contributed by atoms with E-state index in [0.717, 1.165) is 0 Å². The molecule has 0 unspecified atom stereocenters. The Kier molecular flexibility index (Phi) is 3.05.